The third kappa shape index (κ3) is 4.65. The fourth-order valence-electron chi connectivity index (χ4n) is 2.83. The first-order chi connectivity index (χ1) is 13.9. The number of ether oxygens (including phenoxy) is 1. The number of fused-ring (bicyclic) bond motifs is 1. The van der Waals surface area contributed by atoms with Crippen molar-refractivity contribution in [3.05, 3.63) is 70.0 Å². The SMILES string of the molecule is COC(=O)c1ccc2c(=O)n(CCc3ccccc3)c(S[C@@H](C)C(N)=O)nc2c1. The summed E-state index contributed by atoms with van der Waals surface area (Å²) in [6.45, 7) is 2.06. The highest BCUT2D eigenvalue weighted by atomic mass is 32.2. The number of aryl methyl sites for hydroxylation is 1. The Labute approximate surface area is 171 Å². The van der Waals surface area contributed by atoms with E-state index in [9.17, 15) is 14.4 Å². The van der Waals surface area contributed by atoms with Crippen LogP contribution in [0.2, 0.25) is 0 Å². The number of carbonyl (C=O) groups excluding carboxylic acids is 2. The minimum atomic E-state index is -0.564. The Kier molecular flexibility index (Phi) is 6.33. The van der Waals surface area contributed by atoms with Crippen LogP contribution in [0.5, 0.6) is 0 Å². The van der Waals surface area contributed by atoms with Gasteiger partial charge in [-0.1, -0.05) is 42.1 Å². The van der Waals surface area contributed by atoms with E-state index in [-0.39, 0.29) is 5.56 Å². The first-order valence-electron chi connectivity index (χ1n) is 9.03. The van der Waals surface area contributed by atoms with Crippen molar-refractivity contribution < 1.29 is 14.3 Å². The Balaban J connectivity index is 2.08. The second-order valence-corrected chi connectivity index (χ2v) is 7.78. The van der Waals surface area contributed by atoms with Gasteiger partial charge in [0.2, 0.25) is 5.91 Å². The van der Waals surface area contributed by atoms with Gasteiger partial charge in [-0.3, -0.25) is 14.2 Å². The fraction of sp³-hybridized carbons (Fsp3) is 0.238. The van der Waals surface area contributed by atoms with Gasteiger partial charge >= 0.3 is 5.97 Å². The molecule has 7 nitrogen and oxygen atoms in total. The summed E-state index contributed by atoms with van der Waals surface area (Å²) in [6, 6.07) is 14.4. The van der Waals surface area contributed by atoms with Crippen LogP contribution in [-0.2, 0) is 22.5 Å². The quantitative estimate of drug-likeness (QED) is 0.364. The number of hydrogen-bond acceptors (Lipinski definition) is 6. The van der Waals surface area contributed by atoms with Crippen LogP contribution < -0.4 is 11.3 Å². The molecule has 150 valence electrons. The molecule has 0 aliphatic carbocycles. The molecule has 2 aromatic carbocycles. The molecule has 3 aromatic rings. The van der Waals surface area contributed by atoms with Gasteiger partial charge in [0.1, 0.15) is 0 Å². The summed E-state index contributed by atoms with van der Waals surface area (Å²) in [6.07, 6.45) is 0.632. The van der Waals surface area contributed by atoms with Crippen molar-refractivity contribution in [2.75, 3.05) is 7.11 Å². The third-order valence-corrected chi connectivity index (χ3v) is 5.60. The predicted octanol–water partition coefficient (Wildman–Crippen LogP) is 2.39. The van der Waals surface area contributed by atoms with E-state index < -0.39 is 17.1 Å². The number of aromatic nitrogens is 2. The minimum absolute atomic E-state index is 0.235. The van der Waals surface area contributed by atoms with E-state index in [2.05, 4.69) is 4.98 Å². The van der Waals surface area contributed by atoms with E-state index in [1.807, 2.05) is 30.3 Å². The summed E-state index contributed by atoms with van der Waals surface area (Å²) in [5.74, 6) is -1.01. The summed E-state index contributed by atoms with van der Waals surface area (Å²) in [5, 5.41) is 0.208. The molecule has 0 fully saturated rings. The Hall–Kier alpha value is -3.13. The molecule has 8 heteroatoms. The number of amides is 1. The molecule has 0 aliphatic rings. The van der Waals surface area contributed by atoms with Crippen LogP contribution in [0.15, 0.2) is 58.5 Å². The van der Waals surface area contributed by atoms with Crippen LogP contribution in [0, 0.1) is 0 Å². The average molecular weight is 411 g/mol. The number of methoxy groups -OCH3 is 1. The summed E-state index contributed by atoms with van der Waals surface area (Å²) >= 11 is 1.12. The molecule has 2 N–H and O–H groups in total. The Morgan fingerprint density at radius 3 is 2.59 bits per heavy atom. The smallest absolute Gasteiger partial charge is 0.337 e. The van der Waals surface area contributed by atoms with E-state index in [1.165, 1.54) is 19.2 Å². The van der Waals surface area contributed by atoms with Gasteiger partial charge in [0.25, 0.3) is 5.56 Å². The van der Waals surface area contributed by atoms with Crippen molar-refractivity contribution in [3.8, 4) is 0 Å². The summed E-state index contributed by atoms with van der Waals surface area (Å²) in [5.41, 5.74) is 6.91. The number of carbonyl (C=O) groups is 2. The number of esters is 1. The van der Waals surface area contributed by atoms with Crippen molar-refractivity contribution in [3.63, 3.8) is 0 Å². The van der Waals surface area contributed by atoms with Gasteiger partial charge in [0.15, 0.2) is 5.16 Å². The highest BCUT2D eigenvalue weighted by Gasteiger charge is 2.18. The molecular formula is C21H21N3O4S. The van der Waals surface area contributed by atoms with Crippen molar-refractivity contribution in [1.82, 2.24) is 9.55 Å². The second kappa shape index (κ2) is 8.91. The topological polar surface area (TPSA) is 104 Å². The van der Waals surface area contributed by atoms with Gasteiger partial charge in [0, 0.05) is 6.54 Å². The van der Waals surface area contributed by atoms with E-state index >= 15 is 0 Å². The third-order valence-electron chi connectivity index (χ3n) is 4.49. The lowest BCUT2D eigenvalue weighted by Crippen LogP contribution is -2.28. The molecule has 0 aliphatic heterocycles. The average Bonchev–Trinajstić information content (AvgIpc) is 2.73. The van der Waals surface area contributed by atoms with E-state index in [1.54, 1.807) is 17.6 Å². The molecule has 0 unspecified atom stereocenters. The molecule has 1 heterocycles. The van der Waals surface area contributed by atoms with Gasteiger partial charge in [-0.05, 0) is 37.1 Å². The number of rotatable bonds is 7. The van der Waals surface area contributed by atoms with E-state index in [4.69, 9.17) is 10.5 Å². The number of thioether (sulfide) groups is 1. The molecule has 1 aromatic heterocycles. The normalized spacial score (nSPS) is 11.9. The molecule has 0 saturated carbocycles. The molecule has 0 bridgehead atoms. The lowest BCUT2D eigenvalue weighted by Gasteiger charge is -2.15. The Morgan fingerprint density at radius 2 is 1.93 bits per heavy atom. The monoisotopic (exact) mass is 411 g/mol. The standard InChI is InChI=1S/C21H21N3O4S/c1-13(18(22)25)29-21-23-17-12-15(20(27)28-2)8-9-16(17)19(26)24(21)11-10-14-6-4-3-5-7-14/h3-9,12-13H,10-11H2,1-2H3,(H2,22,25)/t13-/m0/s1. The number of primary amides is 1. The molecule has 3 rings (SSSR count). The zero-order valence-electron chi connectivity index (χ0n) is 16.1. The maximum absolute atomic E-state index is 13.1. The number of benzene rings is 2. The van der Waals surface area contributed by atoms with Gasteiger partial charge in [-0.2, -0.15) is 0 Å². The lowest BCUT2D eigenvalue weighted by molar-refractivity contribution is -0.117. The maximum atomic E-state index is 13.1. The highest BCUT2D eigenvalue weighted by molar-refractivity contribution is 8.00. The van der Waals surface area contributed by atoms with Crippen molar-refractivity contribution in [2.45, 2.75) is 30.3 Å². The maximum Gasteiger partial charge on any atom is 0.337 e. The minimum Gasteiger partial charge on any atom is -0.465 e. The number of nitrogens with zero attached hydrogens (tertiary/aromatic N) is 2. The van der Waals surface area contributed by atoms with Crippen LogP contribution in [0.25, 0.3) is 10.9 Å². The van der Waals surface area contributed by atoms with Gasteiger partial charge in [-0.25, -0.2) is 9.78 Å². The second-order valence-electron chi connectivity index (χ2n) is 6.47. The number of hydrogen-bond donors (Lipinski definition) is 1. The Morgan fingerprint density at radius 1 is 1.21 bits per heavy atom. The van der Waals surface area contributed by atoms with Gasteiger partial charge in [-0.15, -0.1) is 0 Å². The van der Waals surface area contributed by atoms with Crippen molar-refractivity contribution >= 4 is 34.5 Å². The largest absolute Gasteiger partial charge is 0.465 e. The lowest BCUT2D eigenvalue weighted by atomic mass is 10.1. The van der Waals surface area contributed by atoms with Crippen molar-refractivity contribution in [2.24, 2.45) is 5.73 Å². The van der Waals surface area contributed by atoms with Gasteiger partial charge < -0.3 is 10.5 Å². The molecule has 1 atom stereocenters. The number of nitrogens with two attached hydrogens (primary N) is 1. The van der Waals surface area contributed by atoms with Crippen LogP contribution >= 0.6 is 11.8 Å². The van der Waals surface area contributed by atoms with Gasteiger partial charge in [0.05, 0.1) is 28.8 Å². The molecule has 29 heavy (non-hydrogen) atoms. The van der Waals surface area contributed by atoms with Crippen LogP contribution in [0.4, 0.5) is 0 Å². The molecule has 0 saturated heterocycles. The van der Waals surface area contributed by atoms with Crippen LogP contribution in [0.1, 0.15) is 22.8 Å². The van der Waals surface area contributed by atoms with E-state index in [0.29, 0.717) is 34.6 Å². The predicted molar refractivity (Wildman–Crippen MR) is 112 cm³/mol. The zero-order valence-corrected chi connectivity index (χ0v) is 16.9. The molecule has 0 spiro atoms. The zero-order chi connectivity index (χ0) is 21.0. The molecule has 0 radical (unpaired) electrons. The first kappa shape index (κ1) is 20.6. The Bertz CT molecular complexity index is 1110. The van der Waals surface area contributed by atoms with Crippen LogP contribution in [-0.4, -0.2) is 33.8 Å². The van der Waals surface area contributed by atoms with Crippen LogP contribution in [0.3, 0.4) is 0 Å². The summed E-state index contributed by atoms with van der Waals surface area (Å²) < 4.78 is 6.29. The molecular weight excluding hydrogens is 390 g/mol. The fourth-order valence-corrected chi connectivity index (χ4v) is 3.72. The molecule has 1 amide bonds. The summed E-state index contributed by atoms with van der Waals surface area (Å²) in [7, 11) is 1.29. The highest BCUT2D eigenvalue weighted by Crippen LogP contribution is 2.23. The van der Waals surface area contributed by atoms with E-state index in [0.717, 1.165) is 17.3 Å². The summed E-state index contributed by atoms with van der Waals surface area (Å²) in [4.78, 5) is 41.1. The van der Waals surface area contributed by atoms with Crippen molar-refractivity contribution in [1.29, 1.82) is 0 Å². The first-order valence-corrected chi connectivity index (χ1v) is 9.91.